The van der Waals surface area contributed by atoms with E-state index in [0.717, 1.165) is 11.3 Å². The molecule has 120 valence electrons. The Morgan fingerprint density at radius 3 is 2.50 bits per heavy atom. The Hall–Kier alpha value is -1.53. The SMILES string of the molecule is CCSc1ccc(C(C)NC(=O)[C@@H]2CC[C@H](C(=O)O)O2)cc1. The molecule has 0 spiro atoms. The first kappa shape index (κ1) is 16.8. The number of carbonyl (C=O) groups excluding carboxylic acids is 1. The molecule has 1 aromatic rings. The molecule has 2 N–H and O–H groups in total. The first-order valence-corrected chi connectivity index (χ1v) is 8.41. The van der Waals surface area contributed by atoms with Crippen LogP contribution in [0.2, 0.25) is 0 Å². The highest BCUT2D eigenvalue weighted by atomic mass is 32.2. The minimum absolute atomic E-state index is 0.138. The second-order valence-corrected chi connectivity index (χ2v) is 6.60. The summed E-state index contributed by atoms with van der Waals surface area (Å²) in [6.07, 6.45) is -0.707. The summed E-state index contributed by atoms with van der Waals surface area (Å²) < 4.78 is 5.26. The van der Waals surface area contributed by atoms with Crippen molar-refractivity contribution in [1.29, 1.82) is 0 Å². The Balaban J connectivity index is 1.89. The van der Waals surface area contributed by atoms with Gasteiger partial charge in [-0.15, -0.1) is 11.8 Å². The molecule has 22 heavy (non-hydrogen) atoms. The monoisotopic (exact) mass is 323 g/mol. The number of carboxylic acid groups (broad SMARTS) is 1. The largest absolute Gasteiger partial charge is 0.479 e. The molecule has 6 heteroatoms. The number of amides is 1. The lowest BCUT2D eigenvalue weighted by Gasteiger charge is -2.18. The van der Waals surface area contributed by atoms with E-state index in [4.69, 9.17) is 9.84 Å². The van der Waals surface area contributed by atoms with Gasteiger partial charge in [0.1, 0.15) is 6.10 Å². The molecule has 0 aliphatic carbocycles. The summed E-state index contributed by atoms with van der Waals surface area (Å²) in [5.41, 5.74) is 1.02. The minimum Gasteiger partial charge on any atom is -0.479 e. The highest BCUT2D eigenvalue weighted by Crippen LogP contribution is 2.23. The predicted molar refractivity (Wildman–Crippen MR) is 84.9 cm³/mol. The summed E-state index contributed by atoms with van der Waals surface area (Å²) in [5.74, 6) is -0.231. The van der Waals surface area contributed by atoms with Crippen molar-refractivity contribution in [2.45, 2.75) is 49.8 Å². The fourth-order valence-corrected chi connectivity index (χ4v) is 3.08. The topological polar surface area (TPSA) is 75.6 Å². The van der Waals surface area contributed by atoms with E-state index >= 15 is 0 Å². The zero-order valence-electron chi connectivity index (χ0n) is 12.7. The Kier molecular flexibility index (Phi) is 5.85. The highest BCUT2D eigenvalue weighted by Gasteiger charge is 2.35. The van der Waals surface area contributed by atoms with Gasteiger partial charge in [-0.2, -0.15) is 0 Å². The molecule has 1 fully saturated rings. The van der Waals surface area contributed by atoms with Gasteiger partial charge >= 0.3 is 5.97 Å². The Bertz CT molecular complexity index is 531. The molecule has 0 aromatic heterocycles. The predicted octanol–water partition coefficient (Wildman–Crippen LogP) is 2.61. The Morgan fingerprint density at radius 1 is 1.32 bits per heavy atom. The lowest BCUT2D eigenvalue weighted by molar-refractivity contribution is -0.151. The molecule has 2 rings (SSSR count). The average molecular weight is 323 g/mol. The van der Waals surface area contributed by atoms with Gasteiger partial charge in [0.05, 0.1) is 6.04 Å². The molecule has 3 atom stereocenters. The number of thioether (sulfide) groups is 1. The van der Waals surface area contributed by atoms with Gasteiger partial charge in [-0.3, -0.25) is 4.79 Å². The molecule has 1 aliphatic rings. The van der Waals surface area contributed by atoms with E-state index < -0.39 is 18.2 Å². The van der Waals surface area contributed by atoms with Gasteiger partial charge in [0.2, 0.25) is 5.91 Å². The summed E-state index contributed by atoms with van der Waals surface area (Å²) in [4.78, 5) is 24.2. The van der Waals surface area contributed by atoms with Gasteiger partial charge in [0.25, 0.3) is 0 Å². The lowest BCUT2D eigenvalue weighted by Crippen LogP contribution is -2.37. The fourth-order valence-electron chi connectivity index (χ4n) is 2.42. The van der Waals surface area contributed by atoms with Crippen LogP contribution in [0.5, 0.6) is 0 Å². The zero-order valence-corrected chi connectivity index (χ0v) is 13.6. The molecule has 0 bridgehead atoms. The standard InChI is InChI=1S/C16H21NO4S/c1-3-22-12-6-4-11(5-7-12)10(2)17-15(18)13-8-9-14(21-13)16(19)20/h4-7,10,13-14H,3,8-9H2,1-2H3,(H,17,18)(H,19,20)/t10?,13-,14+/m0/s1. The third kappa shape index (κ3) is 4.24. The van der Waals surface area contributed by atoms with Gasteiger partial charge in [-0.25, -0.2) is 4.79 Å². The minimum atomic E-state index is -1.01. The van der Waals surface area contributed by atoms with Gasteiger partial charge in [0.15, 0.2) is 6.10 Å². The van der Waals surface area contributed by atoms with Crippen molar-refractivity contribution in [1.82, 2.24) is 5.32 Å². The number of carbonyl (C=O) groups is 2. The quantitative estimate of drug-likeness (QED) is 0.787. The molecule has 0 radical (unpaired) electrons. The highest BCUT2D eigenvalue weighted by molar-refractivity contribution is 7.99. The van der Waals surface area contributed by atoms with Crippen molar-refractivity contribution in [3.63, 3.8) is 0 Å². The summed E-state index contributed by atoms with van der Waals surface area (Å²) in [5, 5.41) is 11.8. The van der Waals surface area contributed by atoms with E-state index in [1.165, 1.54) is 4.90 Å². The van der Waals surface area contributed by atoms with E-state index in [1.807, 2.05) is 31.2 Å². The number of benzene rings is 1. The van der Waals surface area contributed by atoms with E-state index in [2.05, 4.69) is 12.2 Å². The maximum Gasteiger partial charge on any atom is 0.332 e. The van der Waals surface area contributed by atoms with Gasteiger partial charge < -0.3 is 15.2 Å². The smallest absolute Gasteiger partial charge is 0.332 e. The van der Waals surface area contributed by atoms with Crippen molar-refractivity contribution in [2.75, 3.05) is 5.75 Å². The first-order chi connectivity index (χ1) is 10.5. The summed E-state index contributed by atoms with van der Waals surface area (Å²) >= 11 is 1.77. The molecule has 1 aromatic carbocycles. The molecular formula is C16H21NO4S. The Labute approximate surface area is 134 Å². The molecule has 1 aliphatic heterocycles. The maximum atomic E-state index is 12.1. The second kappa shape index (κ2) is 7.65. The van der Waals surface area contributed by atoms with E-state index in [1.54, 1.807) is 11.8 Å². The van der Waals surface area contributed by atoms with Crippen molar-refractivity contribution in [3.05, 3.63) is 29.8 Å². The van der Waals surface area contributed by atoms with Gasteiger partial charge in [0, 0.05) is 4.90 Å². The number of ether oxygens (including phenoxy) is 1. The van der Waals surface area contributed by atoms with Crippen LogP contribution in [0.15, 0.2) is 29.2 Å². The van der Waals surface area contributed by atoms with Crippen molar-refractivity contribution >= 4 is 23.6 Å². The fraction of sp³-hybridized carbons (Fsp3) is 0.500. The number of hydrogen-bond donors (Lipinski definition) is 2. The van der Waals surface area contributed by atoms with Crippen molar-refractivity contribution in [3.8, 4) is 0 Å². The molecule has 0 saturated carbocycles. The molecule has 1 saturated heterocycles. The third-order valence-electron chi connectivity index (χ3n) is 3.64. The first-order valence-electron chi connectivity index (χ1n) is 7.42. The van der Waals surface area contributed by atoms with Crippen molar-refractivity contribution in [2.24, 2.45) is 0 Å². The molecular weight excluding hydrogens is 302 g/mol. The number of hydrogen-bond acceptors (Lipinski definition) is 4. The Morgan fingerprint density at radius 2 is 1.95 bits per heavy atom. The second-order valence-electron chi connectivity index (χ2n) is 5.26. The number of aliphatic carboxylic acids is 1. The van der Waals surface area contributed by atoms with Crippen LogP contribution in [0.1, 0.15) is 38.3 Å². The third-order valence-corrected chi connectivity index (χ3v) is 4.53. The zero-order chi connectivity index (χ0) is 16.1. The summed E-state index contributed by atoms with van der Waals surface area (Å²) in [7, 11) is 0. The lowest BCUT2D eigenvalue weighted by atomic mass is 10.1. The number of rotatable bonds is 6. The van der Waals surface area contributed by atoms with Crippen LogP contribution >= 0.6 is 11.8 Å². The molecule has 5 nitrogen and oxygen atoms in total. The average Bonchev–Trinajstić information content (AvgIpc) is 2.98. The molecule has 1 amide bonds. The number of nitrogens with one attached hydrogen (secondary N) is 1. The van der Waals surface area contributed by atoms with E-state index in [-0.39, 0.29) is 11.9 Å². The van der Waals surface area contributed by atoms with Crippen molar-refractivity contribution < 1.29 is 19.4 Å². The van der Waals surface area contributed by atoms with Crippen LogP contribution in [-0.2, 0) is 14.3 Å². The van der Waals surface area contributed by atoms with Crippen LogP contribution < -0.4 is 5.32 Å². The van der Waals surface area contributed by atoms with Gasteiger partial charge in [-0.05, 0) is 43.2 Å². The van der Waals surface area contributed by atoms with Crippen LogP contribution in [0.4, 0.5) is 0 Å². The maximum absolute atomic E-state index is 12.1. The van der Waals surface area contributed by atoms with Crippen LogP contribution in [-0.4, -0.2) is 34.9 Å². The molecule has 1 heterocycles. The van der Waals surface area contributed by atoms with Crippen LogP contribution in [0.25, 0.3) is 0 Å². The number of carboxylic acids is 1. The van der Waals surface area contributed by atoms with E-state index in [9.17, 15) is 9.59 Å². The van der Waals surface area contributed by atoms with Crippen LogP contribution in [0.3, 0.4) is 0 Å². The summed E-state index contributed by atoms with van der Waals surface area (Å²) in [6.45, 7) is 4.01. The van der Waals surface area contributed by atoms with E-state index in [0.29, 0.717) is 12.8 Å². The van der Waals surface area contributed by atoms with Crippen LogP contribution in [0, 0.1) is 0 Å². The van der Waals surface area contributed by atoms with Gasteiger partial charge in [-0.1, -0.05) is 19.1 Å². The molecule has 1 unspecified atom stereocenters. The normalized spacial score (nSPS) is 22.3. The summed E-state index contributed by atoms with van der Waals surface area (Å²) in [6, 6.07) is 7.94.